The standard InChI is InChI=1S/C20H34.ClH.H3N/c1-2-3-4-5-6-7-8-9-10-11-12-14-17-20-18-15-13-16-19-20;;/h13,15-16,18-19H,2-12,14,17H2,1H3;1H;1H3. The lowest BCUT2D eigenvalue weighted by Crippen LogP contribution is -1.86. The van der Waals surface area contributed by atoms with E-state index in [2.05, 4.69) is 37.3 Å². The molecule has 0 atom stereocenters. The van der Waals surface area contributed by atoms with E-state index in [1.807, 2.05) is 0 Å². The van der Waals surface area contributed by atoms with Crippen LogP contribution in [0.3, 0.4) is 0 Å². The summed E-state index contributed by atoms with van der Waals surface area (Å²) in [5.74, 6) is 0. The van der Waals surface area contributed by atoms with Crippen LogP contribution in [0.1, 0.15) is 89.5 Å². The van der Waals surface area contributed by atoms with E-state index in [0.717, 1.165) is 0 Å². The summed E-state index contributed by atoms with van der Waals surface area (Å²) in [4.78, 5) is 0. The van der Waals surface area contributed by atoms with Crippen LogP contribution in [0.4, 0.5) is 0 Å². The Morgan fingerprint density at radius 2 is 1.00 bits per heavy atom. The van der Waals surface area contributed by atoms with Gasteiger partial charge in [0.15, 0.2) is 0 Å². The molecule has 0 bridgehead atoms. The molecule has 0 fully saturated rings. The molecule has 0 radical (unpaired) electrons. The van der Waals surface area contributed by atoms with Crippen molar-refractivity contribution in [2.45, 2.75) is 90.4 Å². The number of hydrogen-bond acceptors (Lipinski definition) is 1. The summed E-state index contributed by atoms with van der Waals surface area (Å²) in [6.45, 7) is 2.29. The fourth-order valence-corrected chi connectivity index (χ4v) is 2.81. The molecule has 0 saturated carbocycles. The third kappa shape index (κ3) is 14.4. The largest absolute Gasteiger partial charge is 0.344 e. The molecule has 1 nitrogen and oxygen atoms in total. The van der Waals surface area contributed by atoms with E-state index in [-0.39, 0.29) is 18.6 Å². The van der Waals surface area contributed by atoms with Gasteiger partial charge in [-0.05, 0) is 18.4 Å². The fourth-order valence-electron chi connectivity index (χ4n) is 2.81. The van der Waals surface area contributed by atoms with Gasteiger partial charge in [0.2, 0.25) is 0 Å². The van der Waals surface area contributed by atoms with Gasteiger partial charge >= 0.3 is 0 Å². The SMILES string of the molecule is CCCCCCCCCCCCCCc1ccccc1.Cl.N. The van der Waals surface area contributed by atoms with Gasteiger partial charge in [0.05, 0.1) is 0 Å². The predicted molar refractivity (Wildman–Crippen MR) is 103 cm³/mol. The first-order valence-corrected chi connectivity index (χ1v) is 8.97. The van der Waals surface area contributed by atoms with Crippen molar-refractivity contribution in [3.63, 3.8) is 0 Å². The topological polar surface area (TPSA) is 35.0 Å². The molecule has 3 N–H and O–H groups in total. The van der Waals surface area contributed by atoms with Crippen LogP contribution in [0.5, 0.6) is 0 Å². The van der Waals surface area contributed by atoms with Gasteiger partial charge in [-0.3, -0.25) is 0 Å². The van der Waals surface area contributed by atoms with Gasteiger partial charge in [-0.25, -0.2) is 0 Å². The molecule has 0 spiro atoms. The van der Waals surface area contributed by atoms with Gasteiger partial charge in [0.1, 0.15) is 0 Å². The lowest BCUT2D eigenvalue weighted by Gasteiger charge is -2.03. The summed E-state index contributed by atoms with van der Waals surface area (Å²) in [5.41, 5.74) is 1.50. The highest BCUT2D eigenvalue weighted by atomic mass is 35.5. The van der Waals surface area contributed by atoms with E-state index < -0.39 is 0 Å². The molecule has 2 heteroatoms. The second-order valence-electron chi connectivity index (χ2n) is 6.12. The van der Waals surface area contributed by atoms with Crippen LogP contribution >= 0.6 is 12.4 Å². The van der Waals surface area contributed by atoms with Crippen molar-refractivity contribution in [3.8, 4) is 0 Å². The molecule has 0 aliphatic carbocycles. The number of benzene rings is 1. The molecular weight excluding hydrogens is 290 g/mol. The lowest BCUT2D eigenvalue weighted by atomic mass is 10.0. The van der Waals surface area contributed by atoms with Crippen LogP contribution in [0.2, 0.25) is 0 Å². The van der Waals surface area contributed by atoms with Crippen LogP contribution in [0.25, 0.3) is 0 Å². The highest BCUT2D eigenvalue weighted by Crippen LogP contribution is 2.13. The molecule has 0 saturated heterocycles. The zero-order valence-electron chi connectivity index (χ0n) is 14.7. The number of rotatable bonds is 13. The molecule has 22 heavy (non-hydrogen) atoms. The van der Waals surface area contributed by atoms with Crippen molar-refractivity contribution >= 4 is 12.4 Å². The van der Waals surface area contributed by atoms with E-state index in [4.69, 9.17) is 0 Å². The Labute approximate surface area is 145 Å². The molecule has 130 valence electrons. The molecule has 1 aromatic carbocycles. The zero-order valence-corrected chi connectivity index (χ0v) is 15.5. The first-order chi connectivity index (χ1) is 9.93. The summed E-state index contributed by atoms with van der Waals surface area (Å²) in [6.07, 6.45) is 18.5. The highest BCUT2D eigenvalue weighted by Gasteiger charge is 1.94. The van der Waals surface area contributed by atoms with Gasteiger partial charge < -0.3 is 6.15 Å². The molecule has 0 unspecified atom stereocenters. The Kier molecular flexibility index (Phi) is 20.0. The lowest BCUT2D eigenvalue weighted by molar-refractivity contribution is 0.544. The molecule has 0 heterocycles. The molecule has 1 aromatic rings. The van der Waals surface area contributed by atoms with E-state index in [9.17, 15) is 0 Å². The van der Waals surface area contributed by atoms with Crippen molar-refractivity contribution in [2.24, 2.45) is 0 Å². The summed E-state index contributed by atoms with van der Waals surface area (Å²) < 4.78 is 0. The van der Waals surface area contributed by atoms with Crippen LogP contribution in [0, 0.1) is 0 Å². The molecule has 0 aliphatic rings. The molecular formula is C20H38ClN. The van der Waals surface area contributed by atoms with Gasteiger partial charge in [0, 0.05) is 0 Å². The molecule has 1 rings (SSSR count). The second kappa shape index (κ2) is 18.5. The fraction of sp³-hybridized carbons (Fsp3) is 0.700. The van der Waals surface area contributed by atoms with Crippen LogP contribution < -0.4 is 6.15 Å². The molecule has 0 amide bonds. The maximum absolute atomic E-state index is 2.29. The number of unbranched alkanes of at least 4 members (excludes halogenated alkanes) is 11. The Hall–Kier alpha value is -0.530. The summed E-state index contributed by atoms with van der Waals surface area (Å²) in [6, 6.07) is 10.9. The normalized spacial score (nSPS) is 9.86. The minimum absolute atomic E-state index is 0. The maximum Gasteiger partial charge on any atom is -0.0279 e. The first-order valence-electron chi connectivity index (χ1n) is 8.97. The van der Waals surface area contributed by atoms with Crippen LogP contribution in [0.15, 0.2) is 30.3 Å². The van der Waals surface area contributed by atoms with Gasteiger partial charge in [0.25, 0.3) is 0 Å². The Balaban J connectivity index is 0. The third-order valence-electron chi connectivity index (χ3n) is 4.16. The third-order valence-corrected chi connectivity index (χ3v) is 4.16. The van der Waals surface area contributed by atoms with Crippen LogP contribution in [-0.4, -0.2) is 0 Å². The van der Waals surface area contributed by atoms with Crippen molar-refractivity contribution < 1.29 is 0 Å². The molecule has 0 aliphatic heterocycles. The minimum atomic E-state index is 0. The maximum atomic E-state index is 2.29. The van der Waals surface area contributed by atoms with Gasteiger partial charge in [-0.1, -0.05) is 108 Å². The zero-order chi connectivity index (χ0) is 14.3. The second-order valence-corrected chi connectivity index (χ2v) is 6.12. The van der Waals surface area contributed by atoms with E-state index >= 15 is 0 Å². The van der Waals surface area contributed by atoms with Crippen molar-refractivity contribution in [2.75, 3.05) is 0 Å². The smallest absolute Gasteiger partial charge is 0.0279 e. The van der Waals surface area contributed by atoms with Crippen molar-refractivity contribution in [1.29, 1.82) is 0 Å². The highest BCUT2D eigenvalue weighted by molar-refractivity contribution is 5.85. The average Bonchev–Trinajstić information content (AvgIpc) is 2.49. The predicted octanol–water partition coefficient (Wildman–Crippen LogP) is 7.51. The van der Waals surface area contributed by atoms with Crippen molar-refractivity contribution in [3.05, 3.63) is 35.9 Å². The minimum Gasteiger partial charge on any atom is -0.344 e. The monoisotopic (exact) mass is 327 g/mol. The summed E-state index contributed by atoms with van der Waals surface area (Å²) in [5, 5.41) is 0. The quantitative estimate of drug-likeness (QED) is 0.373. The number of hydrogen-bond donors (Lipinski definition) is 1. The number of halogens is 1. The number of aryl methyl sites for hydroxylation is 1. The average molecular weight is 328 g/mol. The summed E-state index contributed by atoms with van der Waals surface area (Å²) in [7, 11) is 0. The Morgan fingerprint density at radius 3 is 1.45 bits per heavy atom. The Bertz CT molecular complexity index is 300. The molecule has 0 aromatic heterocycles. The Morgan fingerprint density at radius 1 is 0.591 bits per heavy atom. The van der Waals surface area contributed by atoms with Crippen LogP contribution in [-0.2, 0) is 6.42 Å². The van der Waals surface area contributed by atoms with Crippen molar-refractivity contribution in [1.82, 2.24) is 6.15 Å². The van der Waals surface area contributed by atoms with E-state index in [1.54, 1.807) is 0 Å². The van der Waals surface area contributed by atoms with Gasteiger partial charge in [-0.15, -0.1) is 12.4 Å². The first kappa shape index (κ1) is 23.7. The van der Waals surface area contributed by atoms with E-state index in [1.165, 1.54) is 89.0 Å². The van der Waals surface area contributed by atoms with Gasteiger partial charge in [-0.2, -0.15) is 0 Å². The van der Waals surface area contributed by atoms with E-state index in [0.29, 0.717) is 0 Å². The summed E-state index contributed by atoms with van der Waals surface area (Å²) >= 11 is 0.